The number of nitrogens with zero attached hydrogens (tertiary/aromatic N) is 3. The van der Waals surface area contributed by atoms with Gasteiger partial charge in [-0.25, -0.2) is 0 Å². The molecule has 2 aliphatic rings. The summed E-state index contributed by atoms with van der Waals surface area (Å²) in [7, 11) is 1.91. The summed E-state index contributed by atoms with van der Waals surface area (Å²) < 4.78 is 7.34. The Balaban J connectivity index is 1.75. The van der Waals surface area contributed by atoms with Crippen LogP contribution >= 0.6 is 0 Å². The van der Waals surface area contributed by atoms with Crippen molar-refractivity contribution >= 4 is 11.8 Å². The minimum absolute atomic E-state index is 0.0158. The van der Waals surface area contributed by atoms with Gasteiger partial charge in [0, 0.05) is 44.3 Å². The fourth-order valence-electron chi connectivity index (χ4n) is 4.78. The molecule has 2 aliphatic heterocycles. The number of hydrogen-bond donors (Lipinski definition) is 1. The van der Waals surface area contributed by atoms with Gasteiger partial charge in [0.15, 0.2) is 0 Å². The van der Waals surface area contributed by atoms with Crippen molar-refractivity contribution in [2.45, 2.75) is 58.4 Å². The maximum atomic E-state index is 13.0. The standard InChI is InChI=1S/C19H30N4O3/c1-13-15(14(2)22(3)21-13)5-6-16(24)23-10-4-7-19(17(23)18(20)25)8-11-26-12-9-19/h17H,4-12H2,1-3H3,(H2,20,25). The molecule has 1 aromatic rings. The third-order valence-corrected chi connectivity index (χ3v) is 6.29. The highest BCUT2D eigenvalue weighted by atomic mass is 16.5. The third kappa shape index (κ3) is 3.37. The highest BCUT2D eigenvalue weighted by Crippen LogP contribution is 2.44. The van der Waals surface area contributed by atoms with Crippen LogP contribution in [0.15, 0.2) is 0 Å². The number of hydrogen-bond acceptors (Lipinski definition) is 4. The zero-order chi connectivity index (χ0) is 18.9. The van der Waals surface area contributed by atoms with Crippen molar-refractivity contribution in [1.82, 2.24) is 14.7 Å². The Morgan fingerprint density at radius 3 is 2.54 bits per heavy atom. The topological polar surface area (TPSA) is 90.4 Å². The van der Waals surface area contributed by atoms with E-state index in [2.05, 4.69) is 5.10 Å². The van der Waals surface area contributed by atoms with Crippen molar-refractivity contribution in [3.63, 3.8) is 0 Å². The van der Waals surface area contributed by atoms with Gasteiger partial charge in [-0.15, -0.1) is 0 Å². The number of primary amides is 1. The molecular formula is C19H30N4O3. The van der Waals surface area contributed by atoms with Gasteiger partial charge in [-0.1, -0.05) is 0 Å². The van der Waals surface area contributed by atoms with E-state index in [9.17, 15) is 9.59 Å². The van der Waals surface area contributed by atoms with E-state index >= 15 is 0 Å². The van der Waals surface area contributed by atoms with E-state index in [1.54, 1.807) is 4.90 Å². The quantitative estimate of drug-likeness (QED) is 0.872. The van der Waals surface area contributed by atoms with Crippen molar-refractivity contribution in [3.8, 4) is 0 Å². The molecule has 2 saturated heterocycles. The second-order valence-electron chi connectivity index (χ2n) is 7.74. The average molecular weight is 362 g/mol. The number of likely N-dealkylation sites (tertiary alicyclic amines) is 1. The SMILES string of the molecule is Cc1nn(C)c(C)c1CCC(=O)N1CCCC2(CCOCC2)C1C(N)=O. The number of ether oxygens (including phenoxy) is 1. The van der Waals surface area contributed by atoms with E-state index in [1.165, 1.54) is 0 Å². The fraction of sp³-hybridized carbons (Fsp3) is 0.737. The number of aryl methyl sites for hydroxylation is 2. The van der Waals surface area contributed by atoms with E-state index in [0.717, 1.165) is 42.6 Å². The first-order chi connectivity index (χ1) is 12.4. The van der Waals surface area contributed by atoms with E-state index < -0.39 is 6.04 Å². The Morgan fingerprint density at radius 1 is 1.27 bits per heavy atom. The van der Waals surface area contributed by atoms with Gasteiger partial charge in [-0.3, -0.25) is 14.3 Å². The summed E-state index contributed by atoms with van der Waals surface area (Å²) in [5.41, 5.74) is 8.73. The van der Waals surface area contributed by atoms with Gasteiger partial charge in [-0.05, 0) is 51.5 Å². The maximum absolute atomic E-state index is 13.0. The van der Waals surface area contributed by atoms with Gasteiger partial charge in [0.25, 0.3) is 0 Å². The molecule has 144 valence electrons. The van der Waals surface area contributed by atoms with Crippen LogP contribution < -0.4 is 5.73 Å². The molecule has 1 aromatic heterocycles. The molecule has 3 heterocycles. The minimum atomic E-state index is -0.510. The average Bonchev–Trinajstić information content (AvgIpc) is 2.85. The Kier molecular flexibility index (Phi) is 5.37. The summed E-state index contributed by atoms with van der Waals surface area (Å²) in [5.74, 6) is -0.365. The number of carbonyl (C=O) groups excluding carboxylic acids is 2. The van der Waals surface area contributed by atoms with Crippen LogP contribution in [0.25, 0.3) is 0 Å². The van der Waals surface area contributed by atoms with Crippen molar-refractivity contribution in [3.05, 3.63) is 17.0 Å². The summed E-state index contributed by atoms with van der Waals surface area (Å²) in [6.07, 6.45) is 4.47. The molecule has 2 fully saturated rings. The fourth-order valence-corrected chi connectivity index (χ4v) is 4.78. The maximum Gasteiger partial charge on any atom is 0.240 e. The lowest BCUT2D eigenvalue weighted by atomic mass is 9.67. The smallest absolute Gasteiger partial charge is 0.240 e. The third-order valence-electron chi connectivity index (χ3n) is 6.29. The van der Waals surface area contributed by atoms with Crippen LogP contribution in [0, 0.1) is 19.3 Å². The molecule has 26 heavy (non-hydrogen) atoms. The van der Waals surface area contributed by atoms with E-state index in [4.69, 9.17) is 10.5 Å². The lowest BCUT2D eigenvalue weighted by Gasteiger charge is -2.50. The van der Waals surface area contributed by atoms with Crippen molar-refractivity contribution in [2.75, 3.05) is 19.8 Å². The van der Waals surface area contributed by atoms with Crippen LogP contribution in [-0.4, -0.2) is 52.3 Å². The normalized spacial score (nSPS) is 22.6. The number of rotatable bonds is 4. The molecule has 0 radical (unpaired) electrons. The van der Waals surface area contributed by atoms with Gasteiger partial charge in [0.05, 0.1) is 5.69 Å². The van der Waals surface area contributed by atoms with Gasteiger partial charge in [0.1, 0.15) is 6.04 Å². The van der Waals surface area contributed by atoms with E-state index in [-0.39, 0.29) is 17.2 Å². The van der Waals surface area contributed by atoms with Crippen LogP contribution in [0.4, 0.5) is 0 Å². The summed E-state index contributed by atoms with van der Waals surface area (Å²) in [6.45, 7) is 5.88. The zero-order valence-electron chi connectivity index (χ0n) is 16.1. The zero-order valence-corrected chi connectivity index (χ0v) is 16.1. The van der Waals surface area contributed by atoms with Crippen molar-refractivity contribution < 1.29 is 14.3 Å². The van der Waals surface area contributed by atoms with Crippen molar-refractivity contribution in [2.24, 2.45) is 18.2 Å². The molecule has 2 amide bonds. The van der Waals surface area contributed by atoms with Gasteiger partial charge < -0.3 is 15.4 Å². The summed E-state index contributed by atoms with van der Waals surface area (Å²) in [6, 6.07) is -0.510. The molecule has 1 spiro atoms. The predicted molar refractivity (Wildman–Crippen MR) is 97.4 cm³/mol. The Bertz CT molecular complexity index is 686. The molecule has 0 bridgehead atoms. The number of aromatic nitrogens is 2. The van der Waals surface area contributed by atoms with Crippen LogP contribution in [0.2, 0.25) is 0 Å². The molecule has 0 aliphatic carbocycles. The second-order valence-corrected chi connectivity index (χ2v) is 7.74. The number of amides is 2. The second kappa shape index (κ2) is 7.39. The molecule has 3 rings (SSSR count). The van der Waals surface area contributed by atoms with Gasteiger partial charge in [-0.2, -0.15) is 5.10 Å². The molecule has 1 unspecified atom stereocenters. The Labute approximate surface area is 154 Å². The monoisotopic (exact) mass is 362 g/mol. The first-order valence-corrected chi connectivity index (χ1v) is 9.51. The first kappa shape index (κ1) is 18.9. The first-order valence-electron chi connectivity index (χ1n) is 9.51. The number of piperidine rings is 1. The van der Waals surface area contributed by atoms with Crippen molar-refractivity contribution in [1.29, 1.82) is 0 Å². The lowest BCUT2D eigenvalue weighted by Crippen LogP contribution is -2.61. The molecule has 1 atom stereocenters. The largest absolute Gasteiger partial charge is 0.381 e. The molecule has 0 aromatic carbocycles. The summed E-state index contributed by atoms with van der Waals surface area (Å²) >= 11 is 0. The molecule has 7 nitrogen and oxygen atoms in total. The van der Waals surface area contributed by atoms with Crippen LogP contribution in [0.1, 0.15) is 49.1 Å². The number of nitrogens with two attached hydrogens (primary N) is 1. The Hall–Kier alpha value is -1.89. The van der Waals surface area contributed by atoms with E-state index in [1.807, 2.05) is 25.6 Å². The lowest BCUT2D eigenvalue weighted by molar-refractivity contribution is -0.153. The highest BCUT2D eigenvalue weighted by Gasteiger charge is 2.49. The predicted octanol–water partition coefficient (Wildman–Crippen LogP) is 1.24. The molecule has 2 N–H and O–H groups in total. The number of carbonyl (C=O) groups is 2. The van der Waals surface area contributed by atoms with Gasteiger partial charge >= 0.3 is 0 Å². The van der Waals surface area contributed by atoms with Gasteiger partial charge in [0.2, 0.25) is 11.8 Å². The molecule has 0 saturated carbocycles. The summed E-state index contributed by atoms with van der Waals surface area (Å²) in [5, 5.41) is 4.42. The highest BCUT2D eigenvalue weighted by molar-refractivity contribution is 5.87. The summed E-state index contributed by atoms with van der Waals surface area (Å²) in [4.78, 5) is 27.1. The molecule has 7 heteroatoms. The molecular weight excluding hydrogens is 332 g/mol. The van der Waals surface area contributed by atoms with E-state index in [0.29, 0.717) is 32.6 Å². The van der Waals surface area contributed by atoms with Crippen LogP contribution in [-0.2, 0) is 27.8 Å². The van der Waals surface area contributed by atoms with Crippen LogP contribution in [0.5, 0.6) is 0 Å². The minimum Gasteiger partial charge on any atom is -0.381 e. The van der Waals surface area contributed by atoms with Crippen LogP contribution in [0.3, 0.4) is 0 Å². The Morgan fingerprint density at radius 2 is 1.96 bits per heavy atom.